The fourth-order valence-corrected chi connectivity index (χ4v) is 2.33. The minimum absolute atomic E-state index is 0. The molecule has 1 N–H and O–H groups in total. The van der Waals surface area contributed by atoms with Gasteiger partial charge < -0.3 is 4.74 Å². The van der Waals surface area contributed by atoms with Crippen LogP contribution in [0.2, 0.25) is 0 Å². The summed E-state index contributed by atoms with van der Waals surface area (Å²) in [5.74, 6) is 0. The maximum Gasteiger partial charge on any atom is 0.416 e. The first-order valence-electron chi connectivity index (χ1n) is 5.87. The molecule has 1 aromatic carbocycles. The Kier molecular flexibility index (Phi) is 4.87. The predicted octanol–water partition coefficient (Wildman–Crippen LogP) is 3.39. The van der Waals surface area contributed by atoms with Crippen molar-refractivity contribution in [2.45, 2.75) is 38.2 Å². The van der Waals surface area contributed by atoms with Crippen LogP contribution in [0.5, 0.6) is 0 Å². The summed E-state index contributed by atoms with van der Waals surface area (Å²) in [6, 6.07) is 5.79. The lowest BCUT2D eigenvalue weighted by Gasteiger charge is -2.25. The molecular formula is C13H17ClF3NO. The minimum Gasteiger partial charge on any atom is -0.359 e. The fourth-order valence-electron chi connectivity index (χ4n) is 2.33. The van der Waals surface area contributed by atoms with E-state index in [4.69, 9.17) is 4.74 Å². The molecule has 0 amide bonds. The third-order valence-electron chi connectivity index (χ3n) is 3.05. The van der Waals surface area contributed by atoms with E-state index in [9.17, 15) is 13.2 Å². The highest BCUT2D eigenvalue weighted by molar-refractivity contribution is 5.85. The van der Waals surface area contributed by atoms with Gasteiger partial charge in [-0.2, -0.15) is 13.2 Å². The van der Waals surface area contributed by atoms with E-state index in [2.05, 4.69) is 5.32 Å². The second-order valence-electron chi connectivity index (χ2n) is 4.92. The number of ether oxygens (including phenoxy) is 1. The van der Waals surface area contributed by atoms with E-state index in [-0.39, 0.29) is 30.4 Å². The first-order chi connectivity index (χ1) is 8.30. The van der Waals surface area contributed by atoms with E-state index in [0.29, 0.717) is 6.61 Å². The molecule has 2 atom stereocenters. The zero-order chi connectivity index (χ0) is 13.4. The molecule has 1 fully saturated rings. The Labute approximate surface area is 116 Å². The van der Waals surface area contributed by atoms with Gasteiger partial charge in [0.2, 0.25) is 0 Å². The van der Waals surface area contributed by atoms with Crippen LogP contribution in [0.1, 0.15) is 25.0 Å². The SMILES string of the molecule is CC1COC(C)(Cc2ccccc2C(F)(F)F)N1.Cl. The Hall–Kier alpha value is -0.780. The first-order valence-corrected chi connectivity index (χ1v) is 5.87. The highest BCUT2D eigenvalue weighted by atomic mass is 35.5. The minimum atomic E-state index is -4.32. The Morgan fingerprint density at radius 3 is 2.53 bits per heavy atom. The van der Waals surface area contributed by atoms with E-state index >= 15 is 0 Å². The van der Waals surface area contributed by atoms with Gasteiger partial charge in [-0.25, -0.2) is 0 Å². The Bertz CT molecular complexity index is 438. The van der Waals surface area contributed by atoms with E-state index in [0.717, 1.165) is 6.07 Å². The molecule has 2 rings (SSSR count). The zero-order valence-corrected chi connectivity index (χ0v) is 11.6. The molecule has 6 heteroatoms. The number of nitrogens with one attached hydrogen (secondary N) is 1. The summed E-state index contributed by atoms with van der Waals surface area (Å²) in [7, 11) is 0. The summed E-state index contributed by atoms with van der Waals surface area (Å²) in [4.78, 5) is 0. The summed E-state index contributed by atoms with van der Waals surface area (Å²) in [5.41, 5.74) is -1.05. The molecule has 0 aromatic heterocycles. The molecule has 0 saturated carbocycles. The zero-order valence-electron chi connectivity index (χ0n) is 10.8. The number of hydrogen-bond acceptors (Lipinski definition) is 2. The average Bonchev–Trinajstić information content (AvgIpc) is 2.57. The maximum atomic E-state index is 12.9. The molecule has 0 spiro atoms. The van der Waals surface area contributed by atoms with Crippen molar-refractivity contribution in [1.82, 2.24) is 5.32 Å². The van der Waals surface area contributed by atoms with Crippen LogP contribution in [0.15, 0.2) is 24.3 Å². The normalized spacial score (nSPS) is 27.1. The second kappa shape index (κ2) is 5.69. The van der Waals surface area contributed by atoms with E-state index in [1.807, 2.05) is 6.92 Å². The predicted molar refractivity (Wildman–Crippen MR) is 69.4 cm³/mol. The lowest BCUT2D eigenvalue weighted by Crippen LogP contribution is -2.42. The fraction of sp³-hybridized carbons (Fsp3) is 0.538. The molecule has 2 unspecified atom stereocenters. The maximum absolute atomic E-state index is 12.9. The van der Waals surface area contributed by atoms with Crippen molar-refractivity contribution in [1.29, 1.82) is 0 Å². The molecule has 1 heterocycles. The van der Waals surface area contributed by atoms with Crippen LogP contribution in [-0.2, 0) is 17.3 Å². The highest BCUT2D eigenvalue weighted by Crippen LogP contribution is 2.34. The third kappa shape index (κ3) is 3.84. The van der Waals surface area contributed by atoms with Gasteiger partial charge in [-0.1, -0.05) is 18.2 Å². The third-order valence-corrected chi connectivity index (χ3v) is 3.05. The van der Waals surface area contributed by atoms with Crippen LogP contribution in [0.3, 0.4) is 0 Å². The van der Waals surface area contributed by atoms with E-state index < -0.39 is 17.5 Å². The van der Waals surface area contributed by atoms with Crippen molar-refractivity contribution in [2.24, 2.45) is 0 Å². The topological polar surface area (TPSA) is 21.3 Å². The number of halogens is 4. The van der Waals surface area contributed by atoms with Crippen LogP contribution in [0.4, 0.5) is 13.2 Å². The molecular weight excluding hydrogens is 279 g/mol. The Morgan fingerprint density at radius 1 is 1.37 bits per heavy atom. The van der Waals surface area contributed by atoms with Gasteiger partial charge in [0.1, 0.15) is 5.72 Å². The smallest absolute Gasteiger partial charge is 0.359 e. The summed E-state index contributed by atoms with van der Waals surface area (Å²) in [6.07, 6.45) is -4.12. The quantitative estimate of drug-likeness (QED) is 0.903. The molecule has 1 saturated heterocycles. The molecule has 0 radical (unpaired) electrons. The lowest BCUT2D eigenvalue weighted by atomic mass is 9.98. The summed E-state index contributed by atoms with van der Waals surface area (Å²) >= 11 is 0. The highest BCUT2D eigenvalue weighted by Gasteiger charge is 2.38. The molecule has 108 valence electrons. The Balaban J connectivity index is 0.00000180. The van der Waals surface area contributed by atoms with Gasteiger partial charge in [-0.3, -0.25) is 5.32 Å². The average molecular weight is 296 g/mol. The van der Waals surface area contributed by atoms with Crippen LogP contribution in [0.25, 0.3) is 0 Å². The molecule has 0 bridgehead atoms. The van der Waals surface area contributed by atoms with Crippen LogP contribution in [0, 0.1) is 0 Å². The molecule has 2 nitrogen and oxygen atoms in total. The van der Waals surface area contributed by atoms with Crippen molar-refractivity contribution in [2.75, 3.05) is 6.61 Å². The van der Waals surface area contributed by atoms with E-state index in [1.165, 1.54) is 12.1 Å². The summed E-state index contributed by atoms with van der Waals surface area (Å²) < 4.78 is 44.1. The van der Waals surface area contributed by atoms with Gasteiger partial charge in [-0.05, 0) is 25.5 Å². The summed E-state index contributed by atoms with van der Waals surface area (Å²) in [6.45, 7) is 4.25. The van der Waals surface area contributed by atoms with Crippen molar-refractivity contribution >= 4 is 12.4 Å². The van der Waals surface area contributed by atoms with Gasteiger partial charge >= 0.3 is 6.18 Å². The number of benzene rings is 1. The number of rotatable bonds is 2. The van der Waals surface area contributed by atoms with Crippen molar-refractivity contribution in [3.8, 4) is 0 Å². The van der Waals surface area contributed by atoms with Crippen LogP contribution in [-0.4, -0.2) is 18.4 Å². The molecule has 1 aromatic rings. The first kappa shape index (κ1) is 16.3. The van der Waals surface area contributed by atoms with Crippen molar-refractivity contribution < 1.29 is 17.9 Å². The lowest BCUT2D eigenvalue weighted by molar-refractivity contribution is -0.138. The van der Waals surface area contributed by atoms with Crippen molar-refractivity contribution in [3.63, 3.8) is 0 Å². The van der Waals surface area contributed by atoms with Crippen LogP contribution < -0.4 is 5.32 Å². The number of hydrogen-bond donors (Lipinski definition) is 1. The van der Waals surface area contributed by atoms with Gasteiger partial charge in [0.05, 0.1) is 12.2 Å². The van der Waals surface area contributed by atoms with Crippen LogP contribution >= 0.6 is 12.4 Å². The van der Waals surface area contributed by atoms with Gasteiger partial charge in [0.25, 0.3) is 0 Å². The molecule has 19 heavy (non-hydrogen) atoms. The molecule has 0 aliphatic carbocycles. The van der Waals surface area contributed by atoms with Crippen molar-refractivity contribution in [3.05, 3.63) is 35.4 Å². The second-order valence-corrected chi connectivity index (χ2v) is 4.92. The molecule has 1 aliphatic rings. The van der Waals surface area contributed by atoms with Gasteiger partial charge in [0, 0.05) is 12.5 Å². The van der Waals surface area contributed by atoms with Gasteiger partial charge in [0.15, 0.2) is 0 Å². The van der Waals surface area contributed by atoms with Gasteiger partial charge in [-0.15, -0.1) is 12.4 Å². The largest absolute Gasteiger partial charge is 0.416 e. The van der Waals surface area contributed by atoms with E-state index in [1.54, 1.807) is 13.0 Å². The monoisotopic (exact) mass is 295 g/mol. The number of alkyl halides is 3. The summed E-state index contributed by atoms with van der Waals surface area (Å²) in [5, 5.41) is 3.17. The Morgan fingerprint density at radius 2 is 2.00 bits per heavy atom. The standard InChI is InChI=1S/C13H16F3NO.ClH/c1-9-8-18-12(2,17-9)7-10-5-3-4-6-11(10)13(14,15)16;/h3-6,9,17H,7-8H2,1-2H3;1H. The molecule has 1 aliphatic heterocycles.